The lowest BCUT2D eigenvalue weighted by Gasteiger charge is -2.15. The summed E-state index contributed by atoms with van der Waals surface area (Å²) in [6.45, 7) is 1.78. The lowest BCUT2D eigenvalue weighted by Crippen LogP contribution is -2.25. The van der Waals surface area contributed by atoms with Crippen molar-refractivity contribution >= 4 is 5.78 Å². The number of nitrogens with two attached hydrogens (primary N) is 1. The van der Waals surface area contributed by atoms with Crippen molar-refractivity contribution < 1.29 is 18.0 Å². The largest absolute Gasteiger partial charge is 0.417 e. The molecule has 0 aliphatic rings. The summed E-state index contributed by atoms with van der Waals surface area (Å²) >= 11 is 0. The maximum absolute atomic E-state index is 12.7. The van der Waals surface area contributed by atoms with Gasteiger partial charge in [0.25, 0.3) is 0 Å². The summed E-state index contributed by atoms with van der Waals surface area (Å²) in [6.07, 6.45) is -4.08. The molecule has 17 heavy (non-hydrogen) atoms. The summed E-state index contributed by atoms with van der Waals surface area (Å²) in [5.74, 6) is -1.10. The van der Waals surface area contributed by atoms with E-state index in [9.17, 15) is 18.0 Å². The van der Waals surface area contributed by atoms with Crippen molar-refractivity contribution in [2.75, 3.05) is 6.54 Å². The van der Waals surface area contributed by atoms with E-state index in [4.69, 9.17) is 5.73 Å². The number of benzene rings is 1. The average molecular weight is 245 g/mol. The predicted molar refractivity (Wildman–Crippen MR) is 58.6 cm³/mol. The Morgan fingerprint density at radius 2 is 1.94 bits per heavy atom. The van der Waals surface area contributed by atoms with E-state index in [1.165, 1.54) is 18.2 Å². The number of Topliss-reactive ketones (excluding diaryl/α,β-unsaturated/α-hetero) is 1. The third-order valence-electron chi connectivity index (χ3n) is 2.65. The van der Waals surface area contributed by atoms with Crippen molar-refractivity contribution in [2.45, 2.75) is 19.5 Å². The van der Waals surface area contributed by atoms with Gasteiger partial charge in [0.05, 0.1) is 5.56 Å². The summed E-state index contributed by atoms with van der Waals surface area (Å²) in [6, 6.07) is 4.80. The molecule has 0 amide bonds. The Bertz CT molecular complexity index is 397. The Morgan fingerprint density at radius 1 is 1.35 bits per heavy atom. The number of carbonyl (C=O) groups excluding carboxylic acids is 1. The van der Waals surface area contributed by atoms with Crippen LogP contribution in [0.1, 0.15) is 29.3 Å². The van der Waals surface area contributed by atoms with E-state index in [-0.39, 0.29) is 12.1 Å². The van der Waals surface area contributed by atoms with Gasteiger partial charge >= 0.3 is 6.18 Å². The van der Waals surface area contributed by atoms with Gasteiger partial charge in [0.2, 0.25) is 0 Å². The second-order valence-corrected chi connectivity index (χ2v) is 3.75. The molecule has 0 aliphatic heterocycles. The van der Waals surface area contributed by atoms with Crippen LogP contribution in [0.25, 0.3) is 0 Å². The SMILES string of the molecule is CCC(CN)C(=O)c1ccccc1C(F)(F)F. The zero-order chi connectivity index (χ0) is 13.1. The van der Waals surface area contributed by atoms with Crippen LogP contribution >= 0.6 is 0 Å². The molecule has 0 aliphatic carbocycles. The van der Waals surface area contributed by atoms with Crippen molar-refractivity contribution in [1.82, 2.24) is 0 Å². The highest BCUT2D eigenvalue weighted by atomic mass is 19.4. The molecule has 0 saturated heterocycles. The molecule has 1 atom stereocenters. The summed E-state index contributed by atoms with van der Waals surface area (Å²) in [4.78, 5) is 11.9. The van der Waals surface area contributed by atoms with E-state index in [0.29, 0.717) is 6.42 Å². The second kappa shape index (κ2) is 5.31. The molecular formula is C12H14F3NO. The molecule has 1 aromatic carbocycles. The molecule has 0 radical (unpaired) electrons. The van der Waals surface area contributed by atoms with E-state index in [1.807, 2.05) is 0 Å². The minimum Gasteiger partial charge on any atom is -0.330 e. The zero-order valence-electron chi connectivity index (χ0n) is 9.42. The Kier molecular flexibility index (Phi) is 4.28. The molecule has 0 fully saturated rings. The molecular weight excluding hydrogens is 231 g/mol. The number of carbonyl (C=O) groups is 1. The fourth-order valence-electron chi connectivity index (χ4n) is 1.62. The molecule has 5 heteroatoms. The highest BCUT2D eigenvalue weighted by Crippen LogP contribution is 2.33. The molecule has 0 bridgehead atoms. The Labute approximate surface area is 97.6 Å². The van der Waals surface area contributed by atoms with Gasteiger partial charge < -0.3 is 5.73 Å². The van der Waals surface area contributed by atoms with Gasteiger partial charge in [-0.1, -0.05) is 25.1 Å². The van der Waals surface area contributed by atoms with E-state index in [0.717, 1.165) is 6.07 Å². The molecule has 0 saturated carbocycles. The summed E-state index contributed by atoms with van der Waals surface area (Å²) in [7, 11) is 0. The normalized spacial score (nSPS) is 13.5. The fraction of sp³-hybridized carbons (Fsp3) is 0.417. The van der Waals surface area contributed by atoms with Crippen molar-refractivity contribution in [2.24, 2.45) is 11.7 Å². The van der Waals surface area contributed by atoms with Gasteiger partial charge in [0.15, 0.2) is 5.78 Å². The quantitative estimate of drug-likeness (QED) is 0.829. The van der Waals surface area contributed by atoms with Crippen LogP contribution < -0.4 is 5.73 Å². The first-order chi connectivity index (χ1) is 7.91. The molecule has 94 valence electrons. The summed E-state index contributed by atoms with van der Waals surface area (Å²) in [5, 5.41) is 0. The molecule has 2 N–H and O–H groups in total. The van der Waals surface area contributed by atoms with Crippen molar-refractivity contribution in [3.8, 4) is 0 Å². The minimum atomic E-state index is -4.51. The number of alkyl halides is 3. The van der Waals surface area contributed by atoms with E-state index in [1.54, 1.807) is 6.92 Å². The Morgan fingerprint density at radius 3 is 2.41 bits per heavy atom. The van der Waals surface area contributed by atoms with Crippen molar-refractivity contribution in [3.05, 3.63) is 35.4 Å². The third kappa shape index (κ3) is 3.06. The molecule has 1 rings (SSSR count). The van der Waals surface area contributed by atoms with Crippen LogP contribution in [0.15, 0.2) is 24.3 Å². The standard InChI is InChI=1S/C12H14F3NO/c1-2-8(7-16)11(17)9-5-3-4-6-10(9)12(13,14)15/h3-6,8H,2,7,16H2,1H3. The van der Waals surface area contributed by atoms with E-state index < -0.39 is 23.4 Å². The van der Waals surface area contributed by atoms with Crippen LogP contribution in [0.4, 0.5) is 13.2 Å². The Balaban J connectivity index is 3.18. The van der Waals surface area contributed by atoms with Gasteiger partial charge in [-0.3, -0.25) is 4.79 Å². The summed E-state index contributed by atoms with van der Waals surface area (Å²) < 4.78 is 38.1. The van der Waals surface area contributed by atoms with Gasteiger partial charge in [-0.25, -0.2) is 0 Å². The van der Waals surface area contributed by atoms with Crippen LogP contribution in [0.5, 0.6) is 0 Å². The van der Waals surface area contributed by atoms with Crippen molar-refractivity contribution in [3.63, 3.8) is 0 Å². The second-order valence-electron chi connectivity index (χ2n) is 3.75. The maximum Gasteiger partial charge on any atom is 0.417 e. The predicted octanol–water partition coefficient (Wildman–Crippen LogP) is 2.87. The number of halogens is 3. The lowest BCUT2D eigenvalue weighted by atomic mass is 9.92. The minimum absolute atomic E-state index is 0.0571. The van der Waals surface area contributed by atoms with E-state index in [2.05, 4.69) is 0 Å². The zero-order valence-corrected chi connectivity index (χ0v) is 9.42. The highest BCUT2D eigenvalue weighted by Gasteiger charge is 2.35. The summed E-state index contributed by atoms with van der Waals surface area (Å²) in [5.41, 5.74) is 4.19. The average Bonchev–Trinajstić information content (AvgIpc) is 2.29. The molecule has 0 spiro atoms. The number of hydrogen-bond acceptors (Lipinski definition) is 2. The molecule has 0 heterocycles. The number of rotatable bonds is 4. The van der Waals surface area contributed by atoms with Gasteiger partial charge in [-0.05, 0) is 12.5 Å². The molecule has 0 aromatic heterocycles. The van der Waals surface area contributed by atoms with Gasteiger partial charge in [-0.15, -0.1) is 0 Å². The van der Waals surface area contributed by atoms with E-state index >= 15 is 0 Å². The highest BCUT2D eigenvalue weighted by molar-refractivity contribution is 5.99. The van der Waals surface area contributed by atoms with Crippen molar-refractivity contribution in [1.29, 1.82) is 0 Å². The lowest BCUT2D eigenvalue weighted by molar-refractivity contribution is -0.137. The fourth-order valence-corrected chi connectivity index (χ4v) is 1.62. The first-order valence-corrected chi connectivity index (χ1v) is 5.32. The number of hydrogen-bond donors (Lipinski definition) is 1. The third-order valence-corrected chi connectivity index (χ3v) is 2.65. The first-order valence-electron chi connectivity index (χ1n) is 5.32. The monoisotopic (exact) mass is 245 g/mol. The van der Waals surface area contributed by atoms with Crippen LogP contribution in [-0.2, 0) is 6.18 Å². The first kappa shape index (κ1) is 13.7. The van der Waals surface area contributed by atoms with Crippen LogP contribution in [0.3, 0.4) is 0 Å². The molecule has 2 nitrogen and oxygen atoms in total. The van der Waals surface area contributed by atoms with Gasteiger partial charge in [0, 0.05) is 18.0 Å². The maximum atomic E-state index is 12.7. The smallest absolute Gasteiger partial charge is 0.330 e. The Hall–Kier alpha value is -1.36. The van der Waals surface area contributed by atoms with Crippen LogP contribution in [-0.4, -0.2) is 12.3 Å². The number of ketones is 1. The van der Waals surface area contributed by atoms with Crippen LogP contribution in [0.2, 0.25) is 0 Å². The topological polar surface area (TPSA) is 43.1 Å². The molecule has 1 aromatic rings. The molecule has 1 unspecified atom stereocenters. The van der Waals surface area contributed by atoms with Gasteiger partial charge in [-0.2, -0.15) is 13.2 Å². The van der Waals surface area contributed by atoms with Crippen LogP contribution in [0, 0.1) is 5.92 Å². The van der Waals surface area contributed by atoms with Gasteiger partial charge in [0.1, 0.15) is 0 Å².